The lowest BCUT2D eigenvalue weighted by Gasteiger charge is -2.27. The summed E-state index contributed by atoms with van der Waals surface area (Å²) in [6, 6.07) is -0.936. The normalized spacial score (nSPS) is 40.0. The Morgan fingerprint density at radius 3 is 2.85 bits per heavy atom. The third kappa shape index (κ3) is 2.20. The molecule has 2 N–H and O–H groups in total. The van der Waals surface area contributed by atoms with E-state index in [4.69, 9.17) is 4.74 Å². The third-order valence-electron chi connectivity index (χ3n) is 5.18. The maximum atomic E-state index is 12.7. The van der Waals surface area contributed by atoms with Crippen LogP contribution in [0, 0.1) is 11.8 Å². The van der Waals surface area contributed by atoms with Gasteiger partial charge in [0.15, 0.2) is 0 Å². The molecule has 0 radical (unpaired) electrons. The molecule has 1 saturated carbocycles. The number of aliphatic carboxylic acids is 1. The molecule has 112 valence electrons. The minimum Gasteiger partial charge on any atom is -0.480 e. The summed E-state index contributed by atoms with van der Waals surface area (Å²) in [5.41, 5.74) is 0. The number of carbonyl (C=O) groups is 2. The van der Waals surface area contributed by atoms with Crippen molar-refractivity contribution in [1.82, 2.24) is 10.2 Å². The molecular formula is C14H22N2O4. The number of carbonyl (C=O) groups excluding carboxylic acids is 1. The second-order valence-corrected chi connectivity index (χ2v) is 6.18. The number of ether oxygens (including phenoxy) is 1. The summed E-state index contributed by atoms with van der Waals surface area (Å²) in [6.45, 7) is 1.28. The van der Waals surface area contributed by atoms with Crippen molar-refractivity contribution in [1.29, 1.82) is 0 Å². The molecule has 2 heterocycles. The molecule has 5 atom stereocenters. The van der Waals surface area contributed by atoms with Gasteiger partial charge in [-0.1, -0.05) is 6.42 Å². The number of rotatable bonds is 3. The van der Waals surface area contributed by atoms with E-state index in [2.05, 4.69) is 5.32 Å². The lowest BCUT2D eigenvalue weighted by Crippen LogP contribution is -2.50. The van der Waals surface area contributed by atoms with Crippen molar-refractivity contribution in [3.8, 4) is 0 Å². The van der Waals surface area contributed by atoms with Gasteiger partial charge in [-0.15, -0.1) is 0 Å². The van der Waals surface area contributed by atoms with Crippen molar-refractivity contribution >= 4 is 11.9 Å². The first-order valence-electron chi connectivity index (χ1n) is 7.41. The Bertz CT molecular complexity index is 414. The van der Waals surface area contributed by atoms with Crippen LogP contribution >= 0.6 is 0 Å². The second-order valence-electron chi connectivity index (χ2n) is 6.18. The van der Waals surface area contributed by atoms with Crippen LogP contribution in [0.5, 0.6) is 0 Å². The van der Waals surface area contributed by atoms with Crippen molar-refractivity contribution in [2.45, 2.75) is 43.9 Å². The van der Waals surface area contributed by atoms with Gasteiger partial charge in [0.1, 0.15) is 6.04 Å². The van der Waals surface area contributed by atoms with Crippen LogP contribution in [0.1, 0.15) is 25.7 Å². The number of likely N-dealkylation sites (tertiary alicyclic amines) is 1. The van der Waals surface area contributed by atoms with Crippen molar-refractivity contribution in [3.63, 3.8) is 0 Å². The Morgan fingerprint density at radius 2 is 2.15 bits per heavy atom. The van der Waals surface area contributed by atoms with Gasteiger partial charge < -0.3 is 20.1 Å². The van der Waals surface area contributed by atoms with Crippen LogP contribution in [-0.4, -0.2) is 60.3 Å². The fourth-order valence-electron chi connectivity index (χ4n) is 4.08. The highest BCUT2D eigenvalue weighted by atomic mass is 16.5. The van der Waals surface area contributed by atoms with Crippen LogP contribution in [0.15, 0.2) is 0 Å². The van der Waals surface area contributed by atoms with Crippen molar-refractivity contribution in [2.75, 3.05) is 20.2 Å². The van der Waals surface area contributed by atoms with Gasteiger partial charge in [-0.05, 0) is 31.2 Å². The molecule has 3 fully saturated rings. The number of fused-ring (bicyclic) bond motifs is 1. The molecule has 2 aliphatic heterocycles. The number of nitrogens with zero attached hydrogens (tertiary/aromatic N) is 1. The largest absolute Gasteiger partial charge is 0.480 e. The Balaban J connectivity index is 1.73. The number of methoxy groups -OCH3 is 1. The van der Waals surface area contributed by atoms with Crippen molar-refractivity contribution in [2.24, 2.45) is 11.8 Å². The molecule has 6 heteroatoms. The van der Waals surface area contributed by atoms with E-state index in [1.165, 1.54) is 17.7 Å². The maximum absolute atomic E-state index is 12.7. The summed E-state index contributed by atoms with van der Waals surface area (Å²) >= 11 is 0. The minimum atomic E-state index is -0.932. The predicted molar refractivity (Wildman–Crippen MR) is 71.2 cm³/mol. The molecule has 3 rings (SSSR count). The van der Waals surface area contributed by atoms with E-state index in [1.807, 2.05) is 0 Å². The molecule has 0 spiro atoms. The molecule has 0 aromatic carbocycles. The first-order valence-corrected chi connectivity index (χ1v) is 7.41. The number of carboxylic acid groups (broad SMARTS) is 1. The van der Waals surface area contributed by atoms with Gasteiger partial charge in [0.2, 0.25) is 5.91 Å². The van der Waals surface area contributed by atoms with E-state index in [9.17, 15) is 14.7 Å². The van der Waals surface area contributed by atoms with E-state index in [0.29, 0.717) is 24.8 Å². The van der Waals surface area contributed by atoms with Crippen molar-refractivity contribution < 1.29 is 19.4 Å². The van der Waals surface area contributed by atoms with Crippen LogP contribution in [0.3, 0.4) is 0 Å². The summed E-state index contributed by atoms with van der Waals surface area (Å²) in [5.74, 6) is -0.00295. The van der Waals surface area contributed by atoms with Gasteiger partial charge >= 0.3 is 5.97 Å². The van der Waals surface area contributed by atoms with Gasteiger partial charge in [-0.2, -0.15) is 0 Å². The number of hydrogen-bond donors (Lipinski definition) is 2. The lowest BCUT2D eigenvalue weighted by molar-refractivity contribution is -0.149. The van der Waals surface area contributed by atoms with E-state index in [0.717, 1.165) is 13.0 Å². The number of hydrogen-bond acceptors (Lipinski definition) is 4. The SMILES string of the molecule is COC1CC(C(=O)O)N(C(=O)C2NCC3CCCC32)C1. The summed E-state index contributed by atoms with van der Waals surface area (Å²) in [6.07, 6.45) is 3.67. The average molecular weight is 282 g/mol. The standard InChI is InChI=1S/C14H22N2O4/c1-20-9-5-11(14(18)19)16(7-9)13(17)12-10-4-2-3-8(10)6-15-12/h8-12,15H,2-7H2,1H3,(H,18,19). The molecule has 20 heavy (non-hydrogen) atoms. The molecule has 5 unspecified atom stereocenters. The van der Waals surface area contributed by atoms with Gasteiger partial charge in [-0.25, -0.2) is 4.79 Å². The van der Waals surface area contributed by atoms with Gasteiger partial charge in [0, 0.05) is 20.1 Å². The van der Waals surface area contributed by atoms with Crippen LogP contribution in [0.2, 0.25) is 0 Å². The highest BCUT2D eigenvalue weighted by molar-refractivity contribution is 5.88. The van der Waals surface area contributed by atoms with Gasteiger partial charge in [0.25, 0.3) is 0 Å². The Morgan fingerprint density at radius 1 is 1.35 bits per heavy atom. The zero-order valence-electron chi connectivity index (χ0n) is 11.7. The molecule has 6 nitrogen and oxygen atoms in total. The van der Waals surface area contributed by atoms with E-state index in [-0.39, 0.29) is 18.1 Å². The number of carboxylic acids is 1. The Hall–Kier alpha value is -1.14. The minimum absolute atomic E-state index is 0.0497. The smallest absolute Gasteiger partial charge is 0.326 e. The van der Waals surface area contributed by atoms with E-state index < -0.39 is 12.0 Å². The highest BCUT2D eigenvalue weighted by Gasteiger charge is 2.48. The molecule has 0 aromatic rings. The van der Waals surface area contributed by atoms with E-state index >= 15 is 0 Å². The molecule has 0 aromatic heterocycles. The quantitative estimate of drug-likeness (QED) is 0.766. The Kier molecular flexibility index (Phi) is 3.69. The predicted octanol–water partition coefficient (Wildman–Crippen LogP) is 0.0750. The summed E-state index contributed by atoms with van der Waals surface area (Å²) in [7, 11) is 1.57. The topological polar surface area (TPSA) is 78.9 Å². The summed E-state index contributed by atoms with van der Waals surface area (Å²) < 4.78 is 5.24. The Labute approximate surface area is 118 Å². The summed E-state index contributed by atoms with van der Waals surface area (Å²) in [5, 5.41) is 12.6. The lowest BCUT2D eigenvalue weighted by atomic mass is 9.93. The number of nitrogens with one attached hydrogen (secondary N) is 1. The highest BCUT2D eigenvalue weighted by Crippen LogP contribution is 2.39. The molecule has 1 aliphatic carbocycles. The second kappa shape index (κ2) is 5.33. The van der Waals surface area contributed by atoms with E-state index in [1.54, 1.807) is 7.11 Å². The molecule has 2 saturated heterocycles. The van der Waals surface area contributed by atoms with Crippen LogP contribution < -0.4 is 5.32 Å². The van der Waals surface area contributed by atoms with Crippen LogP contribution in [0.25, 0.3) is 0 Å². The molecule has 0 bridgehead atoms. The fourth-order valence-corrected chi connectivity index (χ4v) is 4.08. The zero-order valence-corrected chi connectivity index (χ0v) is 11.7. The number of amides is 1. The van der Waals surface area contributed by atoms with Gasteiger partial charge in [-0.3, -0.25) is 4.79 Å². The van der Waals surface area contributed by atoms with Crippen LogP contribution in [-0.2, 0) is 14.3 Å². The zero-order chi connectivity index (χ0) is 14.3. The molecular weight excluding hydrogens is 260 g/mol. The maximum Gasteiger partial charge on any atom is 0.326 e. The van der Waals surface area contributed by atoms with Crippen LogP contribution in [0.4, 0.5) is 0 Å². The van der Waals surface area contributed by atoms with Gasteiger partial charge in [0.05, 0.1) is 12.1 Å². The summed E-state index contributed by atoms with van der Waals surface area (Å²) in [4.78, 5) is 25.6. The monoisotopic (exact) mass is 282 g/mol. The first kappa shape index (κ1) is 13.8. The first-order chi connectivity index (χ1) is 9.61. The molecule has 3 aliphatic rings. The third-order valence-corrected chi connectivity index (χ3v) is 5.18. The van der Waals surface area contributed by atoms with Crippen molar-refractivity contribution in [3.05, 3.63) is 0 Å². The molecule has 1 amide bonds. The average Bonchev–Trinajstić information content (AvgIpc) is 3.12. The fraction of sp³-hybridized carbons (Fsp3) is 0.857.